The van der Waals surface area contributed by atoms with Crippen molar-refractivity contribution in [2.45, 2.75) is 32.5 Å². The van der Waals surface area contributed by atoms with Crippen molar-refractivity contribution in [3.63, 3.8) is 0 Å². The topological polar surface area (TPSA) is 41.1 Å². The fourth-order valence-electron chi connectivity index (χ4n) is 1.90. The third kappa shape index (κ3) is 2.31. The first-order valence-corrected chi connectivity index (χ1v) is 6.33. The number of nitrogens with one attached hydrogen (secondary N) is 2. The number of alkyl halides is 3. The van der Waals surface area contributed by atoms with E-state index in [1.54, 1.807) is 20.8 Å². The van der Waals surface area contributed by atoms with Crippen LogP contribution in [0.15, 0.2) is 10.5 Å². The van der Waals surface area contributed by atoms with Gasteiger partial charge < -0.3 is 10.6 Å². The second-order valence-corrected chi connectivity index (χ2v) is 5.84. The monoisotopic (exact) mass is 336 g/mol. The number of rotatable bonds is 0. The third-order valence-electron chi connectivity index (χ3n) is 3.07. The number of carbonyl (C=O) groups is 1. The lowest BCUT2D eigenvalue weighted by atomic mass is 9.96. The first-order chi connectivity index (χ1) is 8.54. The molecule has 1 amide bonds. The predicted molar refractivity (Wildman–Crippen MR) is 70.2 cm³/mol. The van der Waals surface area contributed by atoms with E-state index in [0.717, 1.165) is 6.07 Å². The molecule has 7 heteroatoms. The van der Waals surface area contributed by atoms with Crippen molar-refractivity contribution in [3.05, 3.63) is 21.7 Å². The maximum absolute atomic E-state index is 13.0. The molecule has 0 saturated heterocycles. The molecule has 0 aliphatic carbocycles. The lowest BCUT2D eigenvalue weighted by Crippen LogP contribution is -2.48. The Kier molecular flexibility index (Phi) is 3.08. The van der Waals surface area contributed by atoms with E-state index in [4.69, 9.17) is 0 Å². The normalized spacial score (nSPS) is 17.5. The van der Waals surface area contributed by atoms with E-state index in [0.29, 0.717) is 15.7 Å². The predicted octanol–water partition coefficient (Wildman–Crippen LogP) is 3.92. The van der Waals surface area contributed by atoms with Crippen molar-refractivity contribution in [3.8, 4) is 0 Å². The molecule has 1 aromatic rings. The van der Waals surface area contributed by atoms with Gasteiger partial charge >= 0.3 is 6.18 Å². The van der Waals surface area contributed by atoms with Gasteiger partial charge in [0.25, 0.3) is 0 Å². The molecule has 0 bridgehead atoms. The molecular weight excluding hydrogens is 325 g/mol. The summed E-state index contributed by atoms with van der Waals surface area (Å²) in [6.45, 7) is 4.90. The Labute approximate surface area is 116 Å². The van der Waals surface area contributed by atoms with Gasteiger partial charge in [0.05, 0.1) is 16.9 Å². The van der Waals surface area contributed by atoms with E-state index in [2.05, 4.69) is 26.6 Å². The van der Waals surface area contributed by atoms with Gasteiger partial charge in [0.15, 0.2) is 0 Å². The van der Waals surface area contributed by atoms with Gasteiger partial charge in [-0.3, -0.25) is 4.79 Å². The second-order valence-electron chi connectivity index (χ2n) is 4.98. The van der Waals surface area contributed by atoms with E-state index in [1.165, 1.54) is 0 Å². The molecule has 1 heterocycles. The van der Waals surface area contributed by atoms with Crippen LogP contribution in [0.3, 0.4) is 0 Å². The minimum absolute atomic E-state index is 0.211. The quantitative estimate of drug-likeness (QED) is 0.753. The molecule has 0 aromatic heterocycles. The van der Waals surface area contributed by atoms with E-state index in [1.807, 2.05) is 0 Å². The number of amides is 1. The fourth-order valence-corrected chi connectivity index (χ4v) is 2.32. The van der Waals surface area contributed by atoms with Crippen LogP contribution in [0.2, 0.25) is 0 Å². The first kappa shape index (κ1) is 14.2. The van der Waals surface area contributed by atoms with Gasteiger partial charge in [-0.05, 0) is 32.4 Å². The molecule has 2 rings (SSSR count). The Balaban J connectivity index is 2.72. The average Bonchev–Trinajstić information content (AvgIpc) is 2.25. The van der Waals surface area contributed by atoms with Gasteiger partial charge in [0.1, 0.15) is 5.54 Å². The van der Waals surface area contributed by atoms with Crippen LogP contribution in [0, 0.1) is 6.92 Å². The standard InChI is InChI=1S/C12H12BrF3N2O/c1-5-7(13)4-6(12(14,15)16)9-8(5)18-11(2,3)10(19)17-9/h4,18H,1-3H3,(H,17,19). The molecule has 19 heavy (non-hydrogen) atoms. The molecular formula is C12H12BrF3N2O. The van der Waals surface area contributed by atoms with Gasteiger partial charge in [-0.25, -0.2) is 0 Å². The SMILES string of the molecule is Cc1c(Br)cc(C(F)(F)F)c2c1NC(C)(C)C(=O)N2. The highest BCUT2D eigenvalue weighted by atomic mass is 79.9. The summed E-state index contributed by atoms with van der Waals surface area (Å²) in [5.74, 6) is -0.493. The van der Waals surface area contributed by atoms with E-state index >= 15 is 0 Å². The summed E-state index contributed by atoms with van der Waals surface area (Å²) < 4.78 is 39.4. The molecule has 1 aromatic carbocycles. The summed E-state index contributed by atoms with van der Waals surface area (Å²) in [6, 6.07) is 0.981. The Hall–Kier alpha value is -1.24. The fraction of sp³-hybridized carbons (Fsp3) is 0.417. The van der Waals surface area contributed by atoms with Gasteiger partial charge in [0.2, 0.25) is 5.91 Å². The number of benzene rings is 1. The van der Waals surface area contributed by atoms with Crippen LogP contribution < -0.4 is 10.6 Å². The van der Waals surface area contributed by atoms with Crippen molar-refractivity contribution in [1.29, 1.82) is 0 Å². The number of halogens is 4. The lowest BCUT2D eigenvalue weighted by Gasteiger charge is -2.35. The molecule has 2 N–H and O–H groups in total. The largest absolute Gasteiger partial charge is 0.418 e. The van der Waals surface area contributed by atoms with Crippen LogP contribution in [0.1, 0.15) is 25.0 Å². The summed E-state index contributed by atoms with van der Waals surface area (Å²) in [5, 5.41) is 5.22. The van der Waals surface area contributed by atoms with Gasteiger partial charge in [-0.1, -0.05) is 15.9 Å². The van der Waals surface area contributed by atoms with Crippen molar-refractivity contribution in [2.24, 2.45) is 0 Å². The maximum Gasteiger partial charge on any atom is 0.418 e. The highest BCUT2D eigenvalue weighted by molar-refractivity contribution is 9.10. The zero-order valence-corrected chi connectivity index (χ0v) is 12.1. The Morgan fingerprint density at radius 2 is 1.84 bits per heavy atom. The molecule has 3 nitrogen and oxygen atoms in total. The number of fused-ring (bicyclic) bond motifs is 1. The van der Waals surface area contributed by atoms with Crippen LogP contribution in [0.25, 0.3) is 0 Å². The molecule has 104 valence electrons. The summed E-state index contributed by atoms with van der Waals surface area (Å²) in [4.78, 5) is 11.8. The Bertz CT molecular complexity index is 567. The smallest absolute Gasteiger partial charge is 0.370 e. The van der Waals surface area contributed by atoms with Crippen molar-refractivity contribution in [2.75, 3.05) is 10.6 Å². The highest BCUT2D eigenvalue weighted by Crippen LogP contribution is 2.45. The van der Waals surface area contributed by atoms with Crippen molar-refractivity contribution >= 4 is 33.2 Å². The number of hydrogen-bond acceptors (Lipinski definition) is 2. The number of anilines is 2. The summed E-state index contributed by atoms with van der Waals surface area (Å²) >= 11 is 3.12. The molecule has 1 aliphatic rings. The van der Waals surface area contributed by atoms with E-state index in [-0.39, 0.29) is 5.69 Å². The van der Waals surface area contributed by atoms with Crippen LogP contribution in [0.5, 0.6) is 0 Å². The summed E-state index contributed by atoms with van der Waals surface area (Å²) in [6.07, 6.45) is -4.53. The van der Waals surface area contributed by atoms with Crippen LogP contribution >= 0.6 is 15.9 Å². The number of carbonyl (C=O) groups excluding carboxylic acids is 1. The molecule has 0 radical (unpaired) electrons. The first-order valence-electron chi connectivity index (χ1n) is 5.54. The lowest BCUT2D eigenvalue weighted by molar-refractivity contribution is -0.137. The highest BCUT2D eigenvalue weighted by Gasteiger charge is 2.41. The maximum atomic E-state index is 13.0. The minimum Gasteiger partial charge on any atom is -0.370 e. The van der Waals surface area contributed by atoms with E-state index in [9.17, 15) is 18.0 Å². The average molecular weight is 337 g/mol. The Morgan fingerprint density at radius 1 is 1.26 bits per heavy atom. The summed E-state index contributed by atoms with van der Waals surface area (Å²) in [7, 11) is 0. The van der Waals surface area contributed by atoms with Crippen molar-refractivity contribution < 1.29 is 18.0 Å². The molecule has 0 unspecified atom stereocenters. The Morgan fingerprint density at radius 3 is 2.37 bits per heavy atom. The molecule has 0 spiro atoms. The summed E-state index contributed by atoms with van der Waals surface area (Å²) in [5.41, 5.74) is -1.11. The molecule has 0 atom stereocenters. The number of hydrogen-bond donors (Lipinski definition) is 2. The van der Waals surface area contributed by atoms with Gasteiger partial charge in [0, 0.05) is 4.47 Å². The molecule has 1 aliphatic heterocycles. The molecule has 0 fully saturated rings. The van der Waals surface area contributed by atoms with E-state index < -0.39 is 23.2 Å². The second kappa shape index (κ2) is 4.13. The molecule has 0 saturated carbocycles. The van der Waals surface area contributed by atoms with Gasteiger partial charge in [-0.15, -0.1) is 0 Å². The zero-order chi connectivity index (χ0) is 14.6. The minimum atomic E-state index is -4.53. The third-order valence-corrected chi connectivity index (χ3v) is 3.90. The van der Waals surface area contributed by atoms with Crippen molar-refractivity contribution in [1.82, 2.24) is 0 Å². The zero-order valence-electron chi connectivity index (χ0n) is 10.5. The van der Waals surface area contributed by atoms with Crippen LogP contribution in [-0.2, 0) is 11.0 Å². The van der Waals surface area contributed by atoms with Gasteiger partial charge in [-0.2, -0.15) is 13.2 Å². The van der Waals surface area contributed by atoms with Crippen LogP contribution in [-0.4, -0.2) is 11.4 Å². The van der Waals surface area contributed by atoms with Crippen LogP contribution in [0.4, 0.5) is 24.5 Å².